The molecule has 132 valence electrons. The minimum Gasteiger partial charge on any atom is -0.496 e. The molecule has 0 aliphatic carbocycles. The van der Waals surface area contributed by atoms with Crippen molar-refractivity contribution in [1.29, 1.82) is 0 Å². The molecule has 0 aliphatic rings. The number of Topliss-reactive ketones (excluding diaryl/α,β-unsaturated/α-hetero) is 1. The molecule has 1 aromatic heterocycles. The van der Waals surface area contributed by atoms with Gasteiger partial charge in [0.15, 0.2) is 10.9 Å². The fourth-order valence-electron chi connectivity index (χ4n) is 1.97. The monoisotopic (exact) mass is 366 g/mol. The summed E-state index contributed by atoms with van der Waals surface area (Å²) in [6.45, 7) is 0. The van der Waals surface area contributed by atoms with Crippen LogP contribution in [0.5, 0.6) is 5.75 Å². The van der Waals surface area contributed by atoms with Crippen LogP contribution in [0.25, 0.3) is 0 Å². The van der Waals surface area contributed by atoms with E-state index in [1.54, 1.807) is 0 Å². The summed E-state index contributed by atoms with van der Waals surface area (Å²) in [7, 11) is 2.61. The number of thioether (sulfide) groups is 1. The van der Waals surface area contributed by atoms with E-state index in [2.05, 4.69) is 14.7 Å². The van der Waals surface area contributed by atoms with Crippen molar-refractivity contribution in [1.82, 2.24) is 9.97 Å². The van der Waals surface area contributed by atoms with E-state index in [1.165, 1.54) is 32.4 Å². The van der Waals surface area contributed by atoms with Crippen molar-refractivity contribution in [3.8, 4) is 5.75 Å². The number of hydrogen-bond acceptors (Lipinski definition) is 7. The molecule has 2 rings (SSSR count). The second-order valence-corrected chi connectivity index (χ2v) is 5.82. The summed E-state index contributed by atoms with van der Waals surface area (Å²) in [6, 6.07) is 4.83. The predicted octanol–water partition coefficient (Wildman–Crippen LogP) is 1.61. The zero-order valence-electron chi connectivity index (χ0n) is 13.5. The van der Waals surface area contributed by atoms with Gasteiger partial charge in [0.25, 0.3) is 5.56 Å². The Morgan fingerprint density at radius 1 is 1.28 bits per heavy atom. The maximum Gasteiger partial charge on any atom is 0.311 e. The average molecular weight is 366 g/mol. The van der Waals surface area contributed by atoms with Gasteiger partial charge in [-0.05, 0) is 18.2 Å². The molecule has 1 aromatic carbocycles. The van der Waals surface area contributed by atoms with Crippen molar-refractivity contribution in [2.45, 2.75) is 11.6 Å². The van der Waals surface area contributed by atoms with Gasteiger partial charge < -0.3 is 14.5 Å². The highest BCUT2D eigenvalue weighted by Gasteiger charge is 2.15. The molecule has 0 spiro atoms. The number of carbonyl (C=O) groups is 2. The lowest BCUT2D eigenvalue weighted by Crippen LogP contribution is -2.14. The first kappa shape index (κ1) is 18.7. The van der Waals surface area contributed by atoms with E-state index < -0.39 is 17.3 Å². The molecule has 0 amide bonds. The first-order valence-corrected chi connectivity index (χ1v) is 8.08. The van der Waals surface area contributed by atoms with Crippen LogP contribution < -0.4 is 10.3 Å². The van der Waals surface area contributed by atoms with Crippen molar-refractivity contribution in [2.24, 2.45) is 0 Å². The predicted molar refractivity (Wildman–Crippen MR) is 88.6 cm³/mol. The van der Waals surface area contributed by atoms with Crippen molar-refractivity contribution in [2.75, 3.05) is 20.0 Å². The molecule has 2 aromatic rings. The highest BCUT2D eigenvalue weighted by atomic mass is 32.2. The molecule has 0 fully saturated rings. The van der Waals surface area contributed by atoms with Gasteiger partial charge in [0, 0.05) is 6.07 Å². The van der Waals surface area contributed by atoms with Crippen LogP contribution in [0.15, 0.2) is 34.2 Å². The van der Waals surface area contributed by atoms with E-state index in [9.17, 15) is 18.8 Å². The fourth-order valence-corrected chi connectivity index (χ4v) is 2.75. The maximum atomic E-state index is 13.3. The molecule has 1 heterocycles. The average Bonchev–Trinajstić information content (AvgIpc) is 2.59. The van der Waals surface area contributed by atoms with E-state index in [0.29, 0.717) is 0 Å². The number of hydrogen-bond donors (Lipinski definition) is 1. The van der Waals surface area contributed by atoms with Crippen LogP contribution >= 0.6 is 11.8 Å². The largest absolute Gasteiger partial charge is 0.496 e. The summed E-state index contributed by atoms with van der Waals surface area (Å²) in [5.74, 6) is -1.31. The Labute approximate surface area is 146 Å². The van der Waals surface area contributed by atoms with Crippen LogP contribution in [0, 0.1) is 5.82 Å². The molecule has 9 heteroatoms. The quantitative estimate of drug-likeness (QED) is 0.344. The summed E-state index contributed by atoms with van der Waals surface area (Å²) in [5.41, 5.74) is -0.121. The second kappa shape index (κ2) is 8.43. The summed E-state index contributed by atoms with van der Waals surface area (Å²) >= 11 is 0.965. The van der Waals surface area contributed by atoms with Crippen LogP contribution in [0.2, 0.25) is 0 Å². The number of benzene rings is 1. The lowest BCUT2D eigenvalue weighted by Gasteiger charge is -2.07. The van der Waals surface area contributed by atoms with Gasteiger partial charge >= 0.3 is 5.97 Å². The number of esters is 1. The first-order chi connectivity index (χ1) is 11.9. The number of rotatable bonds is 7. The number of ether oxygens (including phenoxy) is 2. The van der Waals surface area contributed by atoms with E-state index >= 15 is 0 Å². The van der Waals surface area contributed by atoms with Crippen molar-refractivity contribution < 1.29 is 23.5 Å². The highest BCUT2D eigenvalue weighted by molar-refractivity contribution is 7.99. The molecule has 0 aliphatic heterocycles. The fraction of sp³-hybridized carbons (Fsp3) is 0.250. The Morgan fingerprint density at radius 2 is 2.04 bits per heavy atom. The number of nitrogens with one attached hydrogen (secondary N) is 1. The van der Waals surface area contributed by atoms with Gasteiger partial charge in [0.05, 0.1) is 37.7 Å². The lowest BCUT2D eigenvalue weighted by molar-refractivity contribution is -0.139. The normalized spacial score (nSPS) is 10.4. The van der Waals surface area contributed by atoms with E-state index in [4.69, 9.17) is 4.74 Å². The molecule has 0 radical (unpaired) electrons. The van der Waals surface area contributed by atoms with E-state index in [1.807, 2.05) is 0 Å². The number of methoxy groups -OCH3 is 2. The van der Waals surface area contributed by atoms with Crippen molar-refractivity contribution >= 4 is 23.5 Å². The molecule has 0 saturated heterocycles. The SMILES string of the molecule is COC(=O)Cc1cc(=O)[nH]c(SCC(=O)c2cc(F)ccc2OC)n1. The minimum atomic E-state index is -0.555. The number of aromatic nitrogens is 2. The van der Waals surface area contributed by atoms with E-state index in [-0.39, 0.29) is 40.1 Å². The van der Waals surface area contributed by atoms with Gasteiger partial charge in [0.1, 0.15) is 11.6 Å². The van der Waals surface area contributed by atoms with Crippen LogP contribution in [0.3, 0.4) is 0 Å². The van der Waals surface area contributed by atoms with Gasteiger partial charge in [-0.3, -0.25) is 14.4 Å². The molecule has 7 nitrogen and oxygen atoms in total. The van der Waals surface area contributed by atoms with Gasteiger partial charge in [-0.15, -0.1) is 0 Å². The van der Waals surface area contributed by atoms with Crippen LogP contribution in [0.4, 0.5) is 4.39 Å². The molecule has 1 N–H and O–H groups in total. The smallest absolute Gasteiger partial charge is 0.311 e. The third-order valence-electron chi connectivity index (χ3n) is 3.13. The van der Waals surface area contributed by atoms with Gasteiger partial charge in [-0.1, -0.05) is 11.8 Å². The van der Waals surface area contributed by atoms with Crippen LogP contribution in [0.1, 0.15) is 16.1 Å². The molecule has 25 heavy (non-hydrogen) atoms. The molecular weight excluding hydrogens is 351 g/mol. The molecule has 0 bridgehead atoms. The standard InChI is InChI=1S/C16H15FN2O5S/c1-23-13-4-3-9(17)5-11(13)12(20)8-25-16-18-10(6-14(21)19-16)7-15(22)24-2/h3-6H,7-8H2,1-2H3,(H,18,19,21). The number of aromatic amines is 1. The third-order valence-corrected chi connectivity index (χ3v) is 4.00. The number of nitrogens with zero attached hydrogens (tertiary/aromatic N) is 1. The summed E-state index contributed by atoms with van der Waals surface area (Å²) in [4.78, 5) is 41.7. The minimum absolute atomic E-state index is 0.0928. The van der Waals surface area contributed by atoms with Gasteiger partial charge in [0.2, 0.25) is 0 Å². The van der Waals surface area contributed by atoms with Crippen molar-refractivity contribution in [3.05, 3.63) is 51.7 Å². The van der Waals surface area contributed by atoms with E-state index in [0.717, 1.165) is 17.8 Å². The highest BCUT2D eigenvalue weighted by Crippen LogP contribution is 2.22. The number of H-pyrrole nitrogens is 1. The zero-order chi connectivity index (χ0) is 18.4. The Bertz CT molecular complexity index is 853. The summed E-state index contributed by atoms with van der Waals surface area (Å²) in [6.07, 6.45) is -0.153. The lowest BCUT2D eigenvalue weighted by atomic mass is 10.1. The number of halogens is 1. The van der Waals surface area contributed by atoms with Gasteiger partial charge in [-0.2, -0.15) is 0 Å². The molecular formula is C16H15FN2O5S. The summed E-state index contributed by atoms with van der Waals surface area (Å²) < 4.78 is 22.9. The summed E-state index contributed by atoms with van der Waals surface area (Å²) in [5, 5.41) is 0.176. The maximum absolute atomic E-state index is 13.3. The van der Waals surface area contributed by atoms with Crippen molar-refractivity contribution in [3.63, 3.8) is 0 Å². The third kappa shape index (κ3) is 5.15. The Hall–Kier alpha value is -2.68. The van der Waals surface area contributed by atoms with Crippen LogP contribution in [-0.2, 0) is 16.0 Å². The first-order valence-electron chi connectivity index (χ1n) is 7.09. The second-order valence-electron chi connectivity index (χ2n) is 4.85. The molecule has 0 unspecified atom stereocenters. The molecule has 0 atom stereocenters. The Balaban J connectivity index is 2.13. The number of carbonyl (C=O) groups excluding carboxylic acids is 2. The number of ketones is 1. The van der Waals surface area contributed by atoms with Crippen LogP contribution in [-0.4, -0.2) is 41.7 Å². The molecule has 0 saturated carbocycles. The Kier molecular flexibility index (Phi) is 6.29. The topological polar surface area (TPSA) is 98.4 Å². The van der Waals surface area contributed by atoms with Gasteiger partial charge in [-0.25, -0.2) is 9.37 Å². The Morgan fingerprint density at radius 3 is 2.72 bits per heavy atom. The zero-order valence-corrected chi connectivity index (χ0v) is 14.3.